The van der Waals surface area contributed by atoms with E-state index in [0.717, 1.165) is 45.2 Å². The molecule has 6 nitrogen and oxygen atoms in total. The van der Waals surface area contributed by atoms with Gasteiger partial charge >= 0.3 is 5.97 Å². The van der Waals surface area contributed by atoms with Gasteiger partial charge in [0.25, 0.3) is 5.91 Å². The van der Waals surface area contributed by atoms with Crippen LogP contribution in [0.25, 0.3) is 0 Å². The first-order chi connectivity index (χ1) is 13.5. The lowest BCUT2D eigenvalue weighted by Crippen LogP contribution is -2.27. The molecule has 1 amide bonds. The summed E-state index contributed by atoms with van der Waals surface area (Å²) in [4.78, 5) is 43.4. The van der Waals surface area contributed by atoms with Crippen molar-refractivity contribution in [3.63, 3.8) is 0 Å². The van der Waals surface area contributed by atoms with Gasteiger partial charge in [0.2, 0.25) is 5.78 Å². The minimum atomic E-state index is -0.473. The molecule has 0 atom stereocenters. The quantitative estimate of drug-likeness (QED) is 0.537. The number of carbonyl (C=O) groups is 3. The lowest BCUT2D eigenvalue weighted by atomic mass is 10.1. The number of likely N-dealkylation sites (tertiary alicyclic amines) is 1. The average molecular weight is 403 g/mol. The summed E-state index contributed by atoms with van der Waals surface area (Å²) in [6.45, 7) is 5.33. The summed E-state index contributed by atoms with van der Waals surface area (Å²) in [6, 6.07) is 3.40. The molecule has 0 radical (unpaired) electrons. The van der Waals surface area contributed by atoms with Crippen LogP contribution in [-0.4, -0.2) is 47.2 Å². The number of aryl methyl sites for hydroxylation is 2. The van der Waals surface area contributed by atoms with Crippen LogP contribution < -0.4 is 0 Å². The molecule has 2 aromatic rings. The van der Waals surface area contributed by atoms with E-state index in [2.05, 4.69) is 18.8 Å². The minimum absolute atomic E-state index is 0.0947. The van der Waals surface area contributed by atoms with E-state index < -0.39 is 5.97 Å². The number of amides is 1. The van der Waals surface area contributed by atoms with Crippen LogP contribution in [0.1, 0.15) is 74.1 Å². The summed E-state index contributed by atoms with van der Waals surface area (Å²) in [5.74, 6) is -0.895. The first-order valence-corrected chi connectivity index (χ1v) is 10.6. The van der Waals surface area contributed by atoms with Crippen LogP contribution in [0.2, 0.25) is 0 Å². The molecular weight excluding hydrogens is 376 g/mol. The third-order valence-corrected chi connectivity index (χ3v) is 6.14. The van der Waals surface area contributed by atoms with E-state index in [4.69, 9.17) is 4.74 Å². The van der Waals surface area contributed by atoms with E-state index >= 15 is 0 Å². The highest BCUT2D eigenvalue weighted by atomic mass is 32.1. The maximum Gasteiger partial charge on any atom is 0.348 e. The summed E-state index contributed by atoms with van der Waals surface area (Å²) in [5, 5.41) is 0. The lowest BCUT2D eigenvalue weighted by molar-refractivity contribution is 0.0479. The Labute approximate surface area is 168 Å². The highest BCUT2D eigenvalue weighted by Crippen LogP contribution is 2.25. The molecule has 0 saturated carbocycles. The van der Waals surface area contributed by atoms with E-state index in [0.29, 0.717) is 16.1 Å². The molecule has 0 aromatic carbocycles. The van der Waals surface area contributed by atoms with Crippen molar-refractivity contribution in [3.05, 3.63) is 44.9 Å². The molecular formula is C21H26N2O4S. The van der Waals surface area contributed by atoms with Crippen LogP contribution in [0, 0.1) is 0 Å². The Morgan fingerprint density at radius 1 is 1.18 bits per heavy atom. The second-order valence-electron chi connectivity index (χ2n) is 6.96. The summed E-state index contributed by atoms with van der Waals surface area (Å²) >= 11 is 1.44. The van der Waals surface area contributed by atoms with E-state index in [1.807, 2.05) is 6.07 Å². The van der Waals surface area contributed by atoms with Crippen molar-refractivity contribution in [1.82, 2.24) is 9.88 Å². The second-order valence-corrected chi connectivity index (χ2v) is 8.10. The van der Waals surface area contributed by atoms with Gasteiger partial charge in [-0.3, -0.25) is 9.59 Å². The third-order valence-electron chi connectivity index (χ3n) is 4.92. The fraction of sp³-hybridized carbons (Fsp3) is 0.476. The highest BCUT2D eigenvalue weighted by molar-refractivity contribution is 7.14. The van der Waals surface area contributed by atoms with E-state index in [-0.39, 0.29) is 18.3 Å². The van der Waals surface area contributed by atoms with Crippen molar-refractivity contribution in [2.24, 2.45) is 0 Å². The molecule has 7 heteroatoms. The Bertz CT molecular complexity index is 862. The van der Waals surface area contributed by atoms with Crippen LogP contribution in [0.3, 0.4) is 0 Å². The van der Waals surface area contributed by atoms with E-state index in [9.17, 15) is 14.4 Å². The number of hydrogen-bond donors (Lipinski definition) is 1. The van der Waals surface area contributed by atoms with Crippen LogP contribution in [0.5, 0.6) is 0 Å². The fourth-order valence-corrected chi connectivity index (χ4v) is 4.61. The molecule has 1 fully saturated rings. The molecule has 0 aliphatic carbocycles. The second kappa shape index (κ2) is 9.19. The van der Waals surface area contributed by atoms with Gasteiger partial charge in [0.15, 0.2) is 6.61 Å². The normalized spacial score (nSPS) is 13.7. The number of H-pyrrole nitrogens is 1. The standard InChI is InChI=1S/C21H26N2O4S/c1-3-7-18-14(4-2)11-19(28-18)21(26)27-13-17(24)15-10-16(22-12-15)20(25)23-8-5-6-9-23/h10-12,22H,3-9,13H2,1-2H3. The zero-order valence-corrected chi connectivity index (χ0v) is 17.2. The van der Waals surface area contributed by atoms with Crippen molar-refractivity contribution in [2.75, 3.05) is 19.7 Å². The molecule has 1 saturated heterocycles. The Kier molecular flexibility index (Phi) is 6.67. The number of nitrogens with zero attached hydrogens (tertiary/aromatic N) is 1. The zero-order chi connectivity index (χ0) is 20.1. The topological polar surface area (TPSA) is 79.5 Å². The third kappa shape index (κ3) is 4.52. The molecule has 0 bridgehead atoms. The SMILES string of the molecule is CCCc1sc(C(=O)OCC(=O)c2c[nH]c(C(=O)N3CCCC3)c2)cc1CC. The van der Waals surface area contributed by atoms with Gasteiger partial charge in [-0.25, -0.2) is 4.79 Å². The van der Waals surface area contributed by atoms with Gasteiger partial charge in [0, 0.05) is 29.7 Å². The number of carbonyl (C=O) groups excluding carboxylic acids is 3. The molecule has 150 valence electrons. The predicted molar refractivity (Wildman–Crippen MR) is 108 cm³/mol. The number of esters is 1. The predicted octanol–water partition coefficient (Wildman–Crippen LogP) is 3.87. The number of thiophene rings is 1. The van der Waals surface area contributed by atoms with Crippen molar-refractivity contribution in [2.45, 2.75) is 46.0 Å². The Hall–Kier alpha value is -2.41. The van der Waals surface area contributed by atoms with Crippen molar-refractivity contribution >= 4 is 29.0 Å². The maximum absolute atomic E-state index is 12.3. The monoisotopic (exact) mass is 402 g/mol. The molecule has 1 aliphatic rings. The number of Topliss-reactive ketones (excluding diaryl/α,β-unsaturated/α-hetero) is 1. The van der Waals surface area contributed by atoms with Crippen LogP contribution in [0.15, 0.2) is 18.3 Å². The summed E-state index contributed by atoms with van der Waals surface area (Å²) in [5.41, 5.74) is 1.91. The van der Waals surface area contributed by atoms with Gasteiger partial charge in [-0.15, -0.1) is 11.3 Å². The molecule has 1 aliphatic heterocycles. The van der Waals surface area contributed by atoms with E-state index in [1.165, 1.54) is 34.0 Å². The average Bonchev–Trinajstić information content (AvgIpc) is 3.45. The number of ketones is 1. The summed E-state index contributed by atoms with van der Waals surface area (Å²) < 4.78 is 5.22. The highest BCUT2D eigenvalue weighted by Gasteiger charge is 2.22. The largest absolute Gasteiger partial charge is 0.453 e. The molecule has 1 N–H and O–H groups in total. The van der Waals surface area contributed by atoms with Gasteiger partial charge < -0.3 is 14.6 Å². The Morgan fingerprint density at radius 3 is 2.61 bits per heavy atom. The van der Waals surface area contributed by atoms with Crippen LogP contribution in [-0.2, 0) is 17.6 Å². The minimum Gasteiger partial charge on any atom is -0.453 e. The maximum atomic E-state index is 12.3. The molecule has 28 heavy (non-hydrogen) atoms. The number of nitrogens with one attached hydrogen (secondary N) is 1. The molecule has 0 spiro atoms. The van der Waals surface area contributed by atoms with Crippen molar-refractivity contribution in [3.8, 4) is 0 Å². The van der Waals surface area contributed by atoms with Gasteiger partial charge in [-0.05, 0) is 43.4 Å². The first-order valence-electron chi connectivity index (χ1n) is 9.83. The van der Waals surface area contributed by atoms with Gasteiger partial charge in [0.1, 0.15) is 10.6 Å². The van der Waals surface area contributed by atoms with Gasteiger partial charge in [0.05, 0.1) is 0 Å². The summed E-state index contributed by atoms with van der Waals surface area (Å²) in [6.07, 6.45) is 6.35. The number of rotatable bonds is 8. The van der Waals surface area contributed by atoms with Crippen molar-refractivity contribution < 1.29 is 19.1 Å². The van der Waals surface area contributed by atoms with Crippen LogP contribution in [0.4, 0.5) is 0 Å². The number of hydrogen-bond acceptors (Lipinski definition) is 5. The number of ether oxygens (including phenoxy) is 1. The zero-order valence-electron chi connectivity index (χ0n) is 16.4. The first kappa shape index (κ1) is 20.3. The molecule has 2 aromatic heterocycles. The Morgan fingerprint density at radius 2 is 1.93 bits per heavy atom. The Balaban J connectivity index is 1.58. The molecule has 0 unspecified atom stereocenters. The molecule has 3 heterocycles. The number of aromatic nitrogens is 1. The van der Waals surface area contributed by atoms with Gasteiger partial charge in [-0.2, -0.15) is 0 Å². The fourth-order valence-electron chi connectivity index (χ4n) is 3.36. The summed E-state index contributed by atoms with van der Waals surface area (Å²) in [7, 11) is 0. The van der Waals surface area contributed by atoms with Gasteiger partial charge in [-0.1, -0.05) is 20.3 Å². The van der Waals surface area contributed by atoms with Crippen molar-refractivity contribution in [1.29, 1.82) is 0 Å². The lowest BCUT2D eigenvalue weighted by Gasteiger charge is -2.13. The van der Waals surface area contributed by atoms with Crippen LogP contribution >= 0.6 is 11.3 Å². The van der Waals surface area contributed by atoms with E-state index in [1.54, 1.807) is 4.90 Å². The number of aromatic amines is 1. The smallest absolute Gasteiger partial charge is 0.348 e. The molecule has 3 rings (SSSR count).